The summed E-state index contributed by atoms with van der Waals surface area (Å²) in [5.41, 5.74) is 7.25. The first-order valence-electron chi connectivity index (χ1n) is 9.27. The predicted molar refractivity (Wildman–Crippen MR) is 114 cm³/mol. The van der Waals surface area contributed by atoms with Crippen LogP contribution in [0.4, 0.5) is 0 Å². The van der Waals surface area contributed by atoms with E-state index in [2.05, 4.69) is 15.2 Å². The number of amides is 1. The van der Waals surface area contributed by atoms with Crippen LogP contribution in [0.1, 0.15) is 37.7 Å². The maximum atomic E-state index is 11.6. The summed E-state index contributed by atoms with van der Waals surface area (Å²) >= 11 is 0. The van der Waals surface area contributed by atoms with Crippen molar-refractivity contribution >= 4 is 35.8 Å². The molecule has 1 aliphatic heterocycles. The van der Waals surface area contributed by atoms with E-state index in [0.29, 0.717) is 24.3 Å². The number of halogens is 1. The molecule has 1 aromatic carbocycles. The standard InChI is InChI=1S/C19H28N4O2.HI/c20-19(23-12-2-1-3-13-23)21-11-10-15-4-8-17(9-5-15)25-14-18(24)22-16-6-7-16;/h4-5,8-9,16H,1-3,6-7,10-14H2,(H2,20,21)(H,22,24);1H. The minimum absolute atomic E-state index is 0. The van der Waals surface area contributed by atoms with E-state index in [1.807, 2.05) is 24.3 Å². The van der Waals surface area contributed by atoms with Gasteiger partial charge in [0, 0.05) is 25.7 Å². The van der Waals surface area contributed by atoms with Gasteiger partial charge in [0.1, 0.15) is 5.75 Å². The molecule has 1 saturated carbocycles. The van der Waals surface area contributed by atoms with Crippen LogP contribution in [0.25, 0.3) is 0 Å². The van der Waals surface area contributed by atoms with Gasteiger partial charge in [0.25, 0.3) is 5.91 Å². The first-order chi connectivity index (χ1) is 12.2. The number of benzene rings is 1. The zero-order valence-electron chi connectivity index (χ0n) is 15.2. The van der Waals surface area contributed by atoms with Crippen LogP contribution in [0.3, 0.4) is 0 Å². The average molecular weight is 472 g/mol. The third-order valence-corrected chi connectivity index (χ3v) is 4.59. The van der Waals surface area contributed by atoms with Crippen molar-refractivity contribution in [3.05, 3.63) is 29.8 Å². The molecule has 1 aliphatic carbocycles. The molecule has 3 rings (SSSR count). The number of carbonyl (C=O) groups excluding carboxylic acids is 1. The van der Waals surface area contributed by atoms with Gasteiger partial charge in [-0.25, -0.2) is 0 Å². The number of carbonyl (C=O) groups is 1. The molecule has 26 heavy (non-hydrogen) atoms. The summed E-state index contributed by atoms with van der Waals surface area (Å²) in [6.45, 7) is 2.81. The fourth-order valence-electron chi connectivity index (χ4n) is 2.92. The molecule has 2 fully saturated rings. The van der Waals surface area contributed by atoms with Crippen LogP contribution >= 0.6 is 24.0 Å². The third kappa shape index (κ3) is 7.01. The Labute approximate surface area is 172 Å². The fraction of sp³-hybridized carbons (Fsp3) is 0.579. The number of nitrogens with zero attached hydrogens (tertiary/aromatic N) is 2. The molecular weight excluding hydrogens is 443 g/mol. The minimum atomic E-state index is -0.0471. The van der Waals surface area contributed by atoms with Crippen LogP contribution in [0, 0.1) is 0 Å². The van der Waals surface area contributed by atoms with Gasteiger partial charge in [0.2, 0.25) is 0 Å². The monoisotopic (exact) mass is 472 g/mol. The second kappa shape index (κ2) is 10.6. The maximum absolute atomic E-state index is 11.6. The van der Waals surface area contributed by atoms with Crippen LogP contribution in [0.5, 0.6) is 5.75 Å². The third-order valence-electron chi connectivity index (χ3n) is 4.59. The smallest absolute Gasteiger partial charge is 0.258 e. The van der Waals surface area contributed by atoms with Gasteiger partial charge < -0.3 is 20.7 Å². The summed E-state index contributed by atoms with van der Waals surface area (Å²) in [6.07, 6.45) is 6.72. The first kappa shape index (κ1) is 20.8. The molecule has 0 atom stereocenters. The fourth-order valence-corrected chi connectivity index (χ4v) is 2.92. The molecule has 1 aromatic rings. The Bertz CT molecular complexity index is 596. The van der Waals surface area contributed by atoms with Gasteiger partial charge in [-0.15, -0.1) is 24.0 Å². The average Bonchev–Trinajstić information content (AvgIpc) is 3.45. The summed E-state index contributed by atoms with van der Waals surface area (Å²) < 4.78 is 5.51. The van der Waals surface area contributed by atoms with Crippen LogP contribution in [-0.2, 0) is 11.2 Å². The van der Waals surface area contributed by atoms with Crippen LogP contribution in [0.2, 0.25) is 0 Å². The molecule has 1 saturated heterocycles. The highest BCUT2D eigenvalue weighted by Crippen LogP contribution is 2.18. The van der Waals surface area contributed by atoms with E-state index in [0.717, 1.165) is 32.4 Å². The lowest BCUT2D eigenvalue weighted by Gasteiger charge is -2.27. The Morgan fingerprint density at radius 2 is 1.88 bits per heavy atom. The normalized spacial score (nSPS) is 17.4. The van der Waals surface area contributed by atoms with Gasteiger partial charge in [-0.05, 0) is 56.2 Å². The highest BCUT2D eigenvalue weighted by molar-refractivity contribution is 14.0. The minimum Gasteiger partial charge on any atom is -0.484 e. The van der Waals surface area contributed by atoms with Crippen molar-refractivity contribution in [3.8, 4) is 5.75 Å². The van der Waals surface area contributed by atoms with E-state index < -0.39 is 0 Å². The molecule has 0 aromatic heterocycles. The lowest BCUT2D eigenvalue weighted by molar-refractivity contribution is -0.123. The summed E-state index contributed by atoms with van der Waals surface area (Å²) in [5, 5.41) is 2.91. The lowest BCUT2D eigenvalue weighted by Crippen LogP contribution is -2.41. The molecule has 0 spiro atoms. The van der Waals surface area contributed by atoms with Crippen LogP contribution < -0.4 is 15.8 Å². The topological polar surface area (TPSA) is 80.0 Å². The SMILES string of the molecule is I.NC(=NCCc1ccc(OCC(=O)NC2CC2)cc1)N1CCCCC1. The molecule has 1 amide bonds. The van der Waals surface area contributed by atoms with Crippen molar-refractivity contribution in [2.24, 2.45) is 10.7 Å². The lowest BCUT2D eigenvalue weighted by atomic mass is 10.1. The molecule has 6 nitrogen and oxygen atoms in total. The number of hydrogen-bond acceptors (Lipinski definition) is 3. The predicted octanol–water partition coefficient (Wildman–Crippen LogP) is 2.31. The highest BCUT2D eigenvalue weighted by Gasteiger charge is 2.23. The number of hydrogen-bond donors (Lipinski definition) is 2. The number of aliphatic imine (C=N–C) groups is 1. The zero-order chi connectivity index (χ0) is 17.5. The highest BCUT2D eigenvalue weighted by atomic mass is 127. The van der Waals surface area contributed by atoms with E-state index in [-0.39, 0.29) is 36.5 Å². The molecular formula is C19H29IN4O2. The van der Waals surface area contributed by atoms with Crippen molar-refractivity contribution < 1.29 is 9.53 Å². The summed E-state index contributed by atoms with van der Waals surface area (Å²) in [5.74, 6) is 1.33. The van der Waals surface area contributed by atoms with Crippen molar-refractivity contribution in [1.82, 2.24) is 10.2 Å². The molecule has 0 unspecified atom stereocenters. The molecule has 0 bridgehead atoms. The van der Waals surface area contributed by atoms with Crippen molar-refractivity contribution in [3.63, 3.8) is 0 Å². The number of nitrogens with two attached hydrogens (primary N) is 1. The van der Waals surface area contributed by atoms with E-state index in [1.165, 1.54) is 24.8 Å². The van der Waals surface area contributed by atoms with Gasteiger partial charge in [0.15, 0.2) is 12.6 Å². The summed E-state index contributed by atoms with van der Waals surface area (Å²) in [4.78, 5) is 18.3. The number of rotatable bonds is 7. The van der Waals surface area contributed by atoms with Gasteiger partial charge in [-0.2, -0.15) is 0 Å². The number of nitrogens with one attached hydrogen (secondary N) is 1. The van der Waals surface area contributed by atoms with Gasteiger partial charge in [-0.3, -0.25) is 9.79 Å². The number of piperidine rings is 1. The number of likely N-dealkylation sites (tertiary alicyclic amines) is 1. The molecule has 7 heteroatoms. The first-order valence-corrected chi connectivity index (χ1v) is 9.27. The van der Waals surface area contributed by atoms with Gasteiger partial charge in [0.05, 0.1) is 0 Å². The number of ether oxygens (including phenoxy) is 1. The quantitative estimate of drug-likeness (QED) is 0.363. The molecule has 144 valence electrons. The zero-order valence-corrected chi connectivity index (χ0v) is 17.5. The second-order valence-electron chi connectivity index (χ2n) is 6.81. The van der Waals surface area contributed by atoms with Crippen LogP contribution in [0.15, 0.2) is 29.3 Å². The Morgan fingerprint density at radius 3 is 2.54 bits per heavy atom. The van der Waals surface area contributed by atoms with Gasteiger partial charge >= 0.3 is 0 Å². The molecule has 2 aliphatic rings. The van der Waals surface area contributed by atoms with Crippen LogP contribution in [-0.4, -0.2) is 49.0 Å². The summed E-state index contributed by atoms with van der Waals surface area (Å²) in [6, 6.07) is 8.20. The van der Waals surface area contributed by atoms with E-state index in [9.17, 15) is 4.79 Å². The maximum Gasteiger partial charge on any atom is 0.258 e. The molecule has 3 N–H and O–H groups in total. The van der Waals surface area contributed by atoms with Crippen molar-refractivity contribution in [2.45, 2.75) is 44.6 Å². The van der Waals surface area contributed by atoms with Crippen molar-refractivity contribution in [2.75, 3.05) is 26.2 Å². The second-order valence-corrected chi connectivity index (χ2v) is 6.81. The van der Waals surface area contributed by atoms with E-state index in [1.54, 1.807) is 0 Å². The van der Waals surface area contributed by atoms with Crippen molar-refractivity contribution in [1.29, 1.82) is 0 Å². The molecule has 0 radical (unpaired) electrons. The largest absolute Gasteiger partial charge is 0.484 e. The van der Waals surface area contributed by atoms with E-state index >= 15 is 0 Å². The number of guanidine groups is 1. The molecule has 1 heterocycles. The Balaban J connectivity index is 0.00000243. The Morgan fingerprint density at radius 1 is 1.19 bits per heavy atom. The summed E-state index contributed by atoms with van der Waals surface area (Å²) in [7, 11) is 0. The van der Waals surface area contributed by atoms with Gasteiger partial charge in [-0.1, -0.05) is 12.1 Å². The van der Waals surface area contributed by atoms with E-state index in [4.69, 9.17) is 10.5 Å². The Kier molecular flexibility index (Phi) is 8.47. The Hall–Kier alpha value is -1.51.